The van der Waals surface area contributed by atoms with Gasteiger partial charge in [0.15, 0.2) is 0 Å². The van der Waals surface area contributed by atoms with Crippen LogP contribution in [0.3, 0.4) is 0 Å². The largest absolute Gasteiger partial charge is 0.338 e. The van der Waals surface area contributed by atoms with Crippen LogP contribution in [0.1, 0.15) is 45.1 Å². The molecule has 4 nitrogen and oxygen atoms in total. The van der Waals surface area contributed by atoms with Crippen LogP contribution in [0.4, 0.5) is 10.5 Å². The van der Waals surface area contributed by atoms with Crippen LogP contribution in [0.2, 0.25) is 0 Å². The Bertz CT molecular complexity index is 489. The van der Waals surface area contributed by atoms with E-state index in [-0.39, 0.29) is 6.03 Å². The topological polar surface area (TPSA) is 44.4 Å². The van der Waals surface area contributed by atoms with Crippen LogP contribution in [-0.2, 0) is 6.42 Å². The SMILES string of the molecule is CCc1ccccc1NC(=O)NCCCCN1CCCC(C)C1. The minimum atomic E-state index is -0.0995. The van der Waals surface area contributed by atoms with Gasteiger partial charge in [0, 0.05) is 18.8 Å². The number of nitrogens with one attached hydrogen (secondary N) is 2. The van der Waals surface area contributed by atoms with Gasteiger partial charge in [0.2, 0.25) is 0 Å². The molecule has 1 heterocycles. The van der Waals surface area contributed by atoms with Crippen molar-refractivity contribution in [3.63, 3.8) is 0 Å². The first kappa shape index (κ1) is 17.8. The first-order valence-electron chi connectivity index (χ1n) is 9.04. The molecule has 2 N–H and O–H groups in total. The van der Waals surface area contributed by atoms with Crippen LogP contribution in [0.15, 0.2) is 24.3 Å². The van der Waals surface area contributed by atoms with Gasteiger partial charge in [0.1, 0.15) is 0 Å². The Kier molecular flexibility index (Phi) is 7.40. The zero-order valence-corrected chi connectivity index (χ0v) is 14.6. The number of likely N-dealkylation sites (tertiary alicyclic amines) is 1. The number of carbonyl (C=O) groups excluding carboxylic acids is 1. The monoisotopic (exact) mass is 317 g/mol. The molecule has 128 valence electrons. The Balaban J connectivity index is 1.59. The summed E-state index contributed by atoms with van der Waals surface area (Å²) in [6, 6.07) is 7.86. The molecule has 1 fully saturated rings. The molecule has 1 atom stereocenters. The Hall–Kier alpha value is -1.55. The van der Waals surface area contributed by atoms with Gasteiger partial charge in [-0.25, -0.2) is 4.79 Å². The maximum Gasteiger partial charge on any atom is 0.319 e. The van der Waals surface area contributed by atoms with Crippen molar-refractivity contribution in [1.29, 1.82) is 0 Å². The van der Waals surface area contributed by atoms with Crippen LogP contribution >= 0.6 is 0 Å². The second kappa shape index (κ2) is 9.56. The lowest BCUT2D eigenvalue weighted by molar-refractivity contribution is 0.181. The molecule has 0 saturated carbocycles. The highest BCUT2D eigenvalue weighted by atomic mass is 16.2. The third kappa shape index (κ3) is 6.22. The summed E-state index contributed by atoms with van der Waals surface area (Å²) in [5.41, 5.74) is 2.08. The van der Waals surface area contributed by atoms with Crippen molar-refractivity contribution in [1.82, 2.24) is 10.2 Å². The molecule has 23 heavy (non-hydrogen) atoms. The van der Waals surface area contributed by atoms with Crippen molar-refractivity contribution >= 4 is 11.7 Å². The third-order valence-corrected chi connectivity index (χ3v) is 4.57. The number of amides is 2. The lowest BCUT2D eigenvalue weighted by Gasteiger charge is -2.30. The molecule has 2 amide bonds. The summed E-state index contributed by atoms with van der Waals surface area (Å²) in [6.45, 7) is 8.82. The van der Waals surface area contributed by atoms with E-state index in [0.717, 1.165) is 44.0 Å². The number of rotatable bonds is 7. The normalized spacial score (nSPS) is 18.6. The molecule has 1 aromatic rings. The average Bonchev–Trinajstić information content (AvgIpc) is 2.55. The fourth-order valence-electron chi connectivity index (χ4n) is 3.27. The van der Waals surface area contributed by atoms with Crippen molar-refractivity contribution in [3.8, 4) is 0 Å². The van der Waals surface area contributed by atoms with E-state index in [1.165, 1.54) is 31.5 Å². The van der Waals surface area contributed by atoms with Gasteiger partial charge in [-0.15, -0.1) is 0 Å². The van der Waals surface area contributed by atoms with Crippen LogP contribution in [-0.4, -0.2) is 37.1 Å². The number of carbonyl (C=O) groups is 1. The van der Waals surface area contributed by atoms with Crippen molar-refractivity contribution in [2.24, 2.45) is 5.92 Å². The van der Waals surface area contributed by atoms with Gasteiger partial charge in [-0.3, -0.25) is 0 Å². The Morgan fingerprint density at radius 3 is 2.91 bits per heavy atom. The number of aryl methyl sites for hydroxylation is 1. The van der Waals surface area contributed by atoms with Gasteiger partial charge in [0.05, 0.1) is 0 Å². The molecular formula is C19H31N3O. The average molecular weight is 317 g/mol. The number of para-hydroxylation sites is 1. The van der Waals surface area contributed by atoms with E-state index in [2.05, 4.69) is 35.4 Å². The molecule has 4 heteroatoms. The number of unbranched alkanes of at least 4 members (excludes halogenated alkanes) is 1. The smallest absolute Gasteiger partial charge is 0.319 e. The van der Waals surface area contributed by atoms with Crippen molar-refractivity contribution in [3.05, 3.63) is 29.8 Å². The van der Waals surface area contributed by atoms with Gasteiger partial charge in [-0.05, 0) is 62.7 Å². The lowest BCUT2D eigenvalue weighted by Crippen LogP contribution is -2.35. The Morgan fingerprint density at radius 1 is 1.30 bits per heavy atom. The molecule has 1 unspecified atom stereocenters. The highest BCUT2D eigenvalue weighted by Gasteiger charge is 2.15. The predicted molar refractivity (Wildman–Crippen MR) is 96.9 cm³/mol. The highest BCUT2D eigenvalue weighted by Crippen LogP contribution is 2.16. The first-order chi connectivity index (χ1) is 11.2. The number of hydrogen-bond acceptors (Lipinski definition) is 2. The molecule has 1 saturated heterocycles. The molecule has 1 aliphatic heterocycles. The van der Waals surface area contributed by atoms with Crippen LogP contribution in [0.25, 0.3) is 0 Å². The van der Waals surface area contributed by atoms with E-state index in [1.807, 2.05) is 18.2 Å². The second-order valence-electron chi connectivity index (χ2n) is 6.65. The van der Waals surface area contributed by atoms with Gasteiger partial charge in [-0.1, -0.05) is 32.0 Å². The van der Waals surface area contributed by atoms with Gasteiger partial charge in [0.25, 0.3) is 0 Å². The quantitative estimate of drug-likeness (QED) is 0.750. The first-order valence-corrected chi connectivity index (χ1v) is 9.04. The Labute approximate surface area is 140 Å². The summed E-state index contributed by atoms with van der Waals surface area (Å²) in [7, 11) is 0. The number of anilines is 1. The fourth-order valence-corrected chi connectivity index (χ4v) is 3.27. The summed E-state index contributed by atoms with van der Waals surface area (Å²) in [6.07, 6.45) is 5.81. The molecule has 0 aromatic heterocycles. The number of benzene rings is 1. The summed E-state index contributed by atoms with van der Waals surface area (Å²) >= 11 is 0. The minimum absolute atomic E-state index is 0.0995. The molecule has 2 rings (SSSR count). The van der Waals surface area contributed by atoms with E-state index >= 15 is 0 Å². The van der Waals surface area contributed by atoms with Crippen LogP contribution in [0, 0.1) is 5.92 Å². The molecule has 0 aliphatic carbocycles. The van der Waals surface area contributed by atoms with E-state index in [1.54, 1.807) is 0 Å². The van der Waals surface area contributed by atoms with Crippen LogP contribution in [0.5, 0.6) is 0 Å². The summed E-state index contributed by atoms with van der Waals surface area (Å²) < 4.78 is 0. The molecule has 0 radical (unpaired) electrons. The maximum atomic E-state index is 12.0. The predicted octanol–water partition coefficient (Wildman–Crippen LogP) is 3.88. The minimum Gasteiger partial charge on any atom is -0.338 e. The van der Waals surface area contributed by atoms with Gasteiger partial charge < -0.3 is 15.5 Å². The molecule has 0 spiro atoms. The van der Waals surface area contributed by atoms with Crippen molar-refractivity contribution < 1.29 is 4.79 Å². The molecule has 1 aliphatic rings. The van der Waals surface area contributed by atoms with E-state index in [4.69, 9.17) is 0 Å². The van der Waals surface area contributed by atoms with Crippen molar-refractivity contribution in [2.45, 2.75) is 46.0 Å². The summed E-state index contributed by atoms with van der Waals surface area (Å²) in [5.74, 6) is 0.839. The molecule has 0 bridgehead atoms. The number of piperidine rings is 1. The maximum absolute atomic E-state index is 12.0. The van der Waals surface area contributed by atoms with Crippen LogP contribution < -0.4 is 10.6 Å². The Morgan fingerprint density at radius 2 is 2.13 bits per heavy atom. The second-order valence-corrected chi connectivity index (χ2v) is 6.65. The zero-order chi connectivity index (χ0) is 16.5. The van der Waals surface area contributed by atoms with Gasteiger partial charge >= 0.3 is 6.03 Å². The molecule has 1 aromatic carbocycles. The van der Waals surface area contributed by atoms with E-state index in [0.29, 0.717) is 0 Å². The zero-order valence-electron chi connectivity index (χ0n) is 14.6. The van der Waals surface area contributed by atoms with Gasteiger partial charge in [-0.2, -0.15) is 0 Å². The number of hydrogen-bond donors (Lipinski definition) is 2. The molecular weight excluding hydrogens is 286 g/mol. The summed E-state index contributed by atoms with van der Waals surface area (Å²) in [5, 5.41) is 5.91. The van der Waals surface area contributed by atoms with E-state index in [9.17, 15) is 4.79 Å². The summed E-state index contributed by atoms with van der Waals surface area (Å²) in [4.78, 5) is 14.5. The highest BCUT2D eigenvalue weighted by molar-refractivity contribution is 5.90. The van der Waals surface area contributed by atoms with E-state index < -0.39 is 0 Å². The lowest BCUT2D eigenvalue weighted by atomic mass is 10.0. The third-order valence-electron chi connectivity index (χ3n) is 4.57. The number of urea groups is 1. The van der Waals surface area contributed by atoms with Crippen molar-refractivity contribution in [2.75, 3.05) is 31.5 Å². The number of nitrogens with zero attached hydrogens (tertiary/aromatic N) is 1. The fraction of sp³-hybridized carbons (Fsp3) is 0.632. The standard InChI is InChI=1S/C19H31N3O/c1-3-17-10-4-5-11-18(17)21-19(23)20-12-6-7-13-22-14-8-9-16(2)15-22/h4-5,10-11,16H,3,6-9,12-15H2,1-2H3,(H2,20,21,23).